The number of carbonyl (C=O) groups excluding carboxylic acids is 3. The van der Waals surface area contributed by atoms with Crippen molar-refractivity contribution in [3.8, 4) is 0 Å². The van der Waals surface area contributed by atoms with Crippen molar-refractivity contribution in [2.45, 2.75) is 32.5 Å². The Labute approximate surface area is 159 Å². The third-order valence-electron chi connectivity index (χ3n) is 5.16. The summed E-state index contributed by atoms with van der Waals surface area (Å²) >= 11 is 0. The summed E-state index contributed by atoms with van der Waals surface area (Å²) < 4.78 is 5.97. The van der Waals surface area contributed by atoms with E-state index in [1.165, 1.54) is 9.80 Å². The van der Waals surface area contributed by atoms with Crippen molar-refractivity contribution in [3.05, 3.63) is 35.9 Å². The van der Waals surface area contributed by atoms with Crippen LogP contribution in [-0.4, -0.2) is 77.8 Å². The Morgan fingerprint density at radius 1 is 1.07 bits per heavy atom. The first-order valence-electron chi connectivity index (χ1n) is 9.60. The average molecular weight is 373 g/mol. The summed E-state index contributed by atoms with van der Waals surface area (Å²) in [6.07, 6.45) is 1.79. The van der Waals surface area contributed by atoms with E-state index in [9.17, 15) is 14.4 Å². The second kappa shape index (κ2) is 8.99. The quantitative estimate of drug-likeness (QED) is 0.695. The highest BCUT2D eigenvalue weighted by Gasteiger charge is 2.34. The summed E-state index contributed by atoms with van der Waals surface area (Å²) in [6.45, 7) is 4.94. The minimum Gasteiger partial charge on any atom is -0.372 e. The van der Waals surface area contributed by atoms with Gasteiger partial charge in [0.15, 0.2) is 0 Å². The third-order valence-corrected chi connectivity index (χ3v) is 5.16. The number of likely N-dealkylation sites (N-methyl/N-ethyl adjacent to an activating group) is 1. The van der Waals surface area contributed by atoms with Crippen LogP contribution in [0.1, 0.15) is 25.3 Å². The molecule has 0 N–H and O–H groups in total. The van der Waals surface area contributed by atoms with Crippen LogP contribution in [0.4, 0.5) is 0 Å². The molecule has 2 saturated heterocycles. The Balaban J connectivity index is 1.49. The second-order valence-electron chi connectivity index (χ2n) is 7.01. The van der Waals surface area contributed by atoms with Crippen LogP contribution < -0.4 is 0 Å². The fraction of sp³-hybridized carbons (Fsp3) is 0.550. The van der Waals surface area contributed by atoms with Crippen LogP contribution >= 0.6 is 0 Å². The highest BCUT2D eigenvalue weighted by atomic mass is 16.5. The Kier molecular flexibility index (Phi) is 6.45. The molecule has 146 valence electrons. The van der Waals surface area contributed by atoms with Crippen molar-refractivity contribution < 1.29 is 19.1 Å². The monoisotopic (exact) mass is 373 g/mol. The topological polar surface area (TPSA) is 70.2 Å². The second-order valence-corrected chi connectivity index (χ2v) is 7.01. The molecular weight excluding hydrogens is 346 g/mol. The van der Waals surface area contributed by atoms with Crippen LogP contribution in [0.25, 0.3) is 0 Å². The van der Waals surface area contributed by atoms with Crippen LogP contribution in [-0.2, 0) is 25.7 Å². The zero-order chi connectivity index (χ0) is 19.2. The molecule has 2 aliphatic rings. The number of hydrogen-bond donors (Lipinski definition) is 0. The standard InChI is InChI=1S/C20H27N3O4/c1-2-21-11-12-23(20(26)19(21)25)14-18(24)22-10-6-9-17(13-22)27-15-16-7-4-3-5-8-16/h3-5,7-8,17H,2,6,9-15H2,1H3/t17-/m0/s1. The molecule has 27 heavy (non-hydrogen) atoms. The van der Waals surface area contributed by atoms with Gasteiger partial charge in [0, 0.05) is 32.7 Å². The molecule has 0 spiro atoms. The molecule has 3 amide bonds. The Morgan fingerprint density at radius 3 is 2.52 bits per heavy atom. The van der Waals surface area contributed by atoms with Crippen molar-refractivity contribution in [3.63, 3.8) is 0 Å². The van der Waals surface area contributed by atoms with Crippen molar-refractivity contribution in [1.82, 2.24) is 14.7 Å². The molecule has 1 aromatic carbocycles. The molecule has 2 fully saturated rings. The van der Waals surface area contributed by atoms with Crippen molar-refractivity contribution in [2.75, 3.05) is 39.3 Å². The lowest BCUT2D eigenvalue weighted by Gasteiger charge is -2.36. The maximum absolute atomic E-state index is 12.6. The number of nitrogens with zero attached hydrogens (tertiary/aromatic N) is 3. The molecule has 0 bridgehead atoms. The molecule has 2 heterocycles. The number of piperidine rings is 1. The summed E-state index contributed by atoms with van der Waals surface area (Å²) in [7, 11) is 0. The number of carbonyl (C=O) groups is 3. The Hall–Kier alpha value is -2.41. The van der Waals surface area contributed by atoms with E-state index in [4.69, 9.17) is 4.74 Å². The van der Waals surface area contributed by atoms with Crippen LogP contribution in [0.2, 0.25) is 0 Å². The number of piperazine rings is 1. The van der Waals surface area contributed by atoms with Gasteiger partial charge in [-0.1, -0.05) is 30.3 Å². The van der Waals surface area contributed by atoms with Gasteiger partial charge in [-0.2, -0.15) is 0 Å². The van der Waals surface area contributed by atoms with E-state index in [-0.39, 0.29) is 18.6 Å². The largest absolute Gasteiger partial charge is 0.372 e. The number of benzene rings is 1. The minimum absolute atomic E-state index is 0.00261. The lowest BCUT2D eigenvalue weighted by atomic mass is 10.1. The van der Waals surface area contributed by atoms with Crippen LogP contribution in [0.15, 0.2) is 30.3 Å². The highest BCUT2D eigenvalue weighted by Crippen LogP contribution is 2.16. The summed E-state index contributed by atoms with van der Waals surface area (Å²) in [4.78, 5) is 41.4. The molecular formula is C20H27N3O4. The molecule has 2 aliphatic heterocycles. The van der Waals surface area contributed by atoms with Gasteiger partial charge in [0.05, 0.1) is 12.7 Å². The van der Waals surface area contributed by atoms with Crippen LogP contribution in [0, 0.1) is 0 Å². The van der Waals surface area contributed by atoms with E-state index in [0.717, 1.165) is 18.4 Å². The van der Waals surface area contributed by atoms with Crippen molar-refractivity contribution in [2.24, 2.45) is 0 Å². The maximum atomic E-state index is 12.6. The van der Waals surface area contributed by atoms with E-state index in [1.54, 1.807) is 4.90 Å². The van der Waals surface area contributed by atoms with E-state index in [2.05, 4.69) is 0 Å². The molecule has 1 atom stereocenters. The fourth-order valence-electron chi connectivity index (χ4n) is 3.52. The first-order chi connectivity index (χ1) is 13.1. The zero-order valence-electron chi connectivity index (χ0n) is 15.8. The molecule has 7 nitrogen and oxygen atoms in total. The van der Waals surface area contributed by atoms with E-state index in [0.29, 0.717) is 39.3 Å². The molecule has 7 heteroatoms. The Morgan fingerprint density at radius 2 is 1.78 bits per heavy atom. The summed E-state index contributed by atoms with van der Waals surface area (Å²) in [6, 6.07) is 9.96. The van der Waals surface area contributed by atoms with Crippen molar-refractivity contribution >= 4 is 17.7 Å². The maximum Gasteiger partial charge on any atom is 0.312 e. The summed E-state index contributed by atoms with van der Waals surface area (Å²) in [5, 5.41) is 0. The number of rotatable bonds is 6. The lowest BCUT2D eigenvalue weighted by molar-refractivity contribution is -0.158. The van der Waals surface area contributed by atoms with Crippen LogP contribution in [0.5, 0.6) is 0 Å². The number of ether oxygens (including phenoxy) is 1. The lowest BCUT2D eigenvalue weighted by Crippen LogP contribution is -2.57. The van der Waals surface area contributed by atoms with Gasteiger partial charge >= 0.3 is 11.8 Å². The first-order valence-corrected chi connectivity index (χ1v) is 9.60. The summed E-state index contributed by atoms with van der Waals surface area (Å²) in [5.41, 5.74) is 1.11. The summed E-state index contributed by atoms with van der Waals surface area (Å²) in [5.74, 6) is -1.21. The van der Waals surface area contributed by atoms with Crippen molar-refractivity contribution in [1.29, 1.82) is 0 Å². The molecule has 3 rings (SSSR count). The molecule has 0 unspecified atom stereocenters. The third kappa shape index (κ3) is 4.86. The minimum atomic E-state index is -0.578. The molecule has 0 aliphatic carbocycles. The smallest absolute Gasteiger partial charge is 0.312 e. The van der Waals surface area contributed by atoms with Gasteiger partial charge in [0.1, 0.15) is 6.54 Å². The van der Waals surface area contributed by atoms with Gasteiger partial charge < -0.3 is 19.4 Å². The highest BCUT2D eigenvalue weighted by molar-refractivity contribution is 6.35. The van der Waals surface area contributed by atoms with E-state index >= 15 is 0 Å². The van der Waals surface area contributed by atoms with Gasteiger partial charge in [0.25, 0.3) is 0 Å². The average Bonchev–Trinajstić information content (AvgIpc) is 2.71. The van der Waals surface area contributed by atoms with Gasteiger partial charge in [-0.05, 0) is 25.3 Å². The van der Waals surface area contributed by atoms with Gasteiger partial charge in [-0.15, -0.1) is 0 Å². The predicted molar refractivity (Wildman–Crippen MR) is 99.7 cm³/mol. The number of likely N-dealkylation sites (tertiary alicyclic amines) is 1. The van der Waals surface area contributed by atoms with Gasteiger partial charge in [-0.25, -0.2) is 0 Å². The number of hydrogen-bond acceptors (Lipinski definition) is 4. The van der Waals surface area contributed by atoms with E-state index in [1.807, 2.05) is 37.3 Å². The van der Waals surface area contributed by atoms with Gasteiger partial charge in [-0.3, -0.25) is 14.4 Å². The molecule has 1 aromatic rings. The van der Waals surface area contributed by atoms with Gasteiger partial charge in [0.2, 0.25) is 5.91 Å². The number of amides is 3. The SMILES string of the molecule is CCN1CCN(CC(=O)N2CCC[C@H](OCc3ccccc3)C2)C(=O)C1=O. The molecule has 0 radical (unpaired) electrons. The molecule has 0 saturated carbocycles. The first kappa shape index (κ1) is 19.4. The predicted octanol–water partition coefficient (Wildman–Crippen LogP) is 0.885. The fourth-order valence-corrected chi connectivity index (χ4v) is 3.52. The van der Waals surface area contributed by atoms with E-state index < -0.39 is 11.8 Å². The normalized spacial score (nSPS) is 20.9. The Bertz CT molecular complexity index is 679. The molecule has 0 aromatic heterocycles. The zero-order valence-corrected chi connectivity index (χ0v) is 15.8. The van der Waals surface area contributed by atoms with Crippen LogP contribution in [0.3, 0.4) is 0 Å².